The van der Waals surface area contributed by atoms with Crippen LogP contribution in [0.25, 0.3) is 0 Å². The predicted octanol–water partition coefficient (Wildman–Crippen LogP) is 0.757. The van der Waals surface area contributed by atoms with Crippen molar-refractivity contribution in [2.45, 2.75) is 6.04 Å². The van der Waals surface area contributed by atoms with E-state index in [1.165, 1.54) is 28.8 Å². The lowest BCUT2D eigenvalue weighted by atomic mass is 10.3. The van der Waals surface area contributed by atoms with Gasteiger partial charge in [-0.2, -0.15) is 0 Å². The van der Waals surface area contributed by atoms with Crippen LogP contribution in [0.2, 0.25) is 0 Å². The smallest absolute Gasteiger partial charge is 0.327 e. The van der Waals surface area contributed by atoms with Crippen LogP contribution in [0.4, 0.5) is 0 Å². The van der Waals surface area contributed by atoms with Gasteiger partial charge in [0.15, 0.2) is 18.1 Å². The summed E-state index contributed by atoms with van der Waals surface area (Å²) in [4.78, 5) is 24.1. The maximum atomic E-state index is 11.9. The number of benzene rings is 1. The maximum Gasteiger partial charge on any atom is 0.327 e. The Morgan fingerprint density at radius 1 is 1.42 bits per heavy atom. The molecule has 1 unspecified atom stereocenters. The average molecular weight is 283 g/mol. The molecule has 0 saturated carbocycles. The summed E-state index contributed by atoms with van der Waals surface area (Å²) < 4.78 is 5.20. The fraction of sp³-hybridized carbons (Fsp3) is 0.333. The lowest BCUT2D eigenvalue weighted by Crippen LogP contribution is -2.43. The van der Waals surface area contributed by atoms with Crippen LogP contribution in [0, 0.1) is 0 Å². The molecule has 0 bridgehead atoms. The van der Waals surface area contributed by atoms with Crippen molar-refractivity contribution in [1.29, 1.82) is 0 Å². The zero-order valence-corrected chi connectivity index (χ0v) is 10.8. The minimum Gasteiger partial charge on any atom is -0.504 e. The van der Waals surface area contributed by atoms with Gasteiger partial charge in [-0.05, 0) is 12.1 Å². The zero-order chi connectivity index (χ0) is 13.8. The summed E-state index contributed by atoms with van der Waals surface area (Å²) in [5, 5.41) is 18.5. The standard InChI is InChI=1S/C12H13NO5S/c14-9-3-1-2-4-10(9)18-5-11(15)13-7-19-6-8(13)12(16)17/h1-4,8,14H,5-7H2,(H,16,17). The second-order valence-electron chi connectivity index (χ2n) is 3.97. The van der Waals surface area contributed by atoms with E-state index in [-0.39, 0.29) is 18.1 Å². The first-order chi connectivity index (χ1) is 9.09. The highest BCUT2D eigenvalue weighted by molar-refractivity contribution is 7.99. The number of thioether (sulfide) groups is 1. The molecule has 0 aliphatic carbocycles. The van der Waals surface area contributed by atoms with Crippen molar-refractivity contribution >= 4 is 23.6 Å². The number of nitrogens with zero attached hydrogens (tertiary/aromatic N) is 1. The molecule has 1 amide bonds. The number of hydrogen-bond acceptors (Lipinski definition) is 5. The summed E-state index contributed by atoms with van der Waals surface area (Å²) in [5.41, 5.74) is 0. The highest BCUT2D eigenvalue weighted by atomic mass is 32.2. The number of carbonyl (C=O) groups is 2. The topological polar surface area (TPSA) is 87.1 Å². The molecule has 1 aliphatic heterocycles. The molecule has 2 N–H and O–H groups in total. The number of amides is 1. The van der Waals surface area contributed by atoms with Crippen molar-refractivity contribution in [3.63, 3.8) is 0 Å². The SMILES string of the molecule is O=C(O)C1CSCN1C(=O)COc1ccccc1O. The Bertz CT molecular complexity index is 493. The highest BCUT2D eigenvalue weighted by Crippen LogP contribution is 2.25. The third-order valence-corrected chi connectivity index (χ3v) is 3.72. The molecule has 0 spiro atoms. The quantitative estimate of drug-likeness (QED) is 0.848. The molecule has 2 rings (SSSR count). The normalized spacial score (nSPS) is 18.3. The van der Waals surface area contributed by atoms with Crippen LogP contribution in [0.3, 0.4) is 0 Å². The molecule has 1 saturated heterocycles. The summed E-state index contributed by atoms with van der Waals surface area (Å²) in [6, 6.07) is 5.50. The van der Waals surface area contributed by atoms with Gasteiger partial charge in [-0.25, -0.2) is 4.79 Å². The van der Waals surface area contributed by atoms with Crippen LogP contribution in [-0.2, 0) is 9.59 Å². The van der Waals surface area contributed by atoms with E-state index in [1.54, 1.807) is 12.1 Å². The van der Waals surface area contributed by atoms with Crippen molar-refractivity contribution < 1.29 is 24.5 Å². The van der Waals surface area contributed by atoms with Crippen molar-refractivity contribution in [1.82, 2.24) is 4.90 Å². The molecule has 1 heterocycles. The Hall–Kier alpha value is -1.89. The number of ether oxygens (including phenoxy) is 1. The first-order valence-electron chi connectivity index (χ1n) is 5.60. The van der Waals surface area contributed by atoms with E-state index in [2.05, 4.69) is 0 Å². The summed E-state index contributed by atoms with van der Waals surface area (Å²) in [5.74, 6) is -0.533. The van der Waals surface area contributed by atoms with Crippen molar-refractivity contribution in [3.05, 3.63) is 24.3 Å². The van der Waals surface area contributed by atoms with Gasteiger partial charge in [0, 0.05) is 5.75 Å². The van der Waals surface area contributed by atoms with Gasteiger partial charge in [0.25, 0.3) is 5.91 Å². The van der Waals surface area contributed by atoms with Gasteiger partial charge in [-0.15, -0.1) is 11.8 Å². The molecule has 1 aromatic carbocycles. The Labute approximate surface area is 114 Å². The monoisotopic (exact) mass is 283 g/mol. The minimum absolute atomic E-state index is 0.0547. The summed E-state index contributed by atoms with van der Waals surface area (Å²) in [6.07, 6.45) is 0. The number of aromatic hydroxyl groups is 1. The minimum atomic E-state index is -1.01. The third-order valence-electron chi connectivity index (χ3n) is 2.70. The van der Waals surface area contributed by atoms with Crippen LogP contribution >= 0.6 is 11.8 Å². The van der Waals surface area contributed by atoms with E-state index in [0.717, 1.165) is 0 Å². The molecule has 0 aromatic heterocycles. The van der Waals surface area contributed by atoms with E-state index >= 15 is 0 Å². The van der Waals surface area contributed by atoms with Gasteiger partial charge in [-0.3, -0.25) is 4.79 Å². The highest BCUT2D eigenvalue weighted by Gasteiger charge is 2.34. The van der Waals surface area contributed by atoms with Crippen LogP contribution in [0.1, 0.15) is 0 Å². The van der Waals surface area contributed by atoms with E-state index in [1.807, 2.05) is 0 Å². The van der Waals surface area contributed by atoms with Crippen LogP contribution in [0.15, 0.2) is 24.3 Å². The average Bonchev–Trinajstić information content (AvgIpc) is 2.87. The molecule has 7 heteroatoms. The molecular formula is C12H13NO5S. The van der Waals surface area contributed by atoms with Crippen LogP contribution in [0.5, 0.6) is 11.5 Å². The zero-order valence-electron chi connectivity index (χ0n) is 9.98. The Morgan fingerprint density at radius 3 is 2.84 bits per heavy atom. The third kappa shape index (κ3) is 3.11. The van der Waals surface area contributed by atoms with E-state index in [0.29, 0.717) is 11.6 Å². The van der Waals surface area contributed by atoms with Gasteiger partial charge in [0.1, 0.15) is 6.04 Å². The molecule has 102 valence electrons. The Morgan fingerprint density at radius 2 is 2.16 bits per heavy atom. The second-order valence-corrected chi connectivity index (χ2v) is 4.97. The summed E-state index contributed by atoms with van der Waals surface area (Å²) in [6.45, 7) is -0.290. The lowest BCUT2D eigenvalue weighted by molar-refractivity contribution is -0.148. The molecule has 1 aromatic rings. The Balaban J connectivity index is 1.95. The van der Waals surface area contributed by atoms with Crippen molar-refractivity contribution in [2.24, 2.45) is 0 Å². The fourth-order valence-corrected chi connectivity index (χ4v) is 2.87. The van der Waals surface area contributed by atoms with Crippen LogP contribution in [-0.4, -0.2) is 51.3 Å². The number of hydrogen-bond donors (Lipinski definition) is 2. The summed E-state index contributed by atoms with van der Waals surface area (Å²) in [7, 11) is 0. The number of phenolic OH excluding ortho intramolecular Hbond substituents is 1. The van der Waals surface area contributed by atoms with E-state index < -0.39 is 17.9 Å². The number of carboxylic acids is 1. The van der Waals surface area contributed by atoms with Crippen molar-refractivity contribution in [2.75, 3.05) is 18.2 Å². The predicted molar refractivity (Wildman–Crippen MR) is 69.2 cm³/mol. The van der Waals surface area contributed by atoms with Crippen molar-refractivity contribution in [3.8, 4) is 11.5 Å². The maximum absolute atomic E-state index is 11.9. The number of carbonyl (C=O) groups excluding carboxylic acids is 1. The second kappa shape index (κ2) is 5.83. The molecule has 19 heavy (non-hydrogen) atoms. The first kappa shape index (κ1) is 13.5. The molecule has 0 radical (unpaired) electrons. The number of para-hydroxylation sites is 2. The summed E-state index contributed by atoms with van der Waals surface area (Å²) >= 11 is 1.39. The van der Waals surface area contributed by atoms with Gasteiger partial charge < -0.3 is 19.8 Å². The number of carboxylic acid groups (broad SMARTS) is 1. The molecule has 1 aliphatic rings. The van der Waals surface area contributed by atoms with E-state index in [9.17, 15) is 14.7 Å². The van der Waals surface area contributed by atoms with Gasteiger partial charge >= 0.3 is 5.97 Å². The molecule has 1 atom stereocenters. The lowest BCUT2D eigenvalue weighted by Gasteiger charge is -2.20. The molecular weight excluding hydrogens is 270 g/mol. The first-order valence-corrected chi connectivity index (χ1v) is 6.76. The molecule has 1 fully saturated rings. The van der Waals surface area contributed by atoms with Gasteiger partial charge in [0.2, 0.25) is 0 Å². The van der Waals surface area contributed by atoms with Crippen LogP contribution < -0.4 is 4.74 Å². The number of aliphatic carboxylic acids is 1. The van der Waals surface area contributed by atoms with E-state index in [4.69, 9.17) is 9.84 Å². The largest absolute Gasteiger partial charge is 0.504 e. The molecule has 6 nitrogen and oxygen atoms in total. The Kier molecular flexibility index (Phi) is 4.16. The number of rotatable bonds is 4. The fourth-order valence-electron chi connectivity index (χ4n) is 1.69. The number of phenols is 1. The van der Waals surface area contributed by atoms with Gasteiger partial charge in [0.05, 0.1) is 5.88 Å². The van der Waals surface area contributed by atoms with Gasteiger partial charge in [-0.1, -0.05) is 12.1 Å².